The maximum Gasteiger partial charge on any atom is 0.155 e. The van der Waals surface area contributed by atoms with Gasteiger partial charge in [-0.05, 0) is 22.0 Å². The summed E-state index contributed by atoms with van der Waals surface area (Å²) in [5.74, 6) is -0.581. The van der Waals surface area contributed by atoms with E-state index in [0.717, 1.165) is 11.7 Å². The van der Waals surface area contributed by atoms with Crippen LogP contribution >= 0.6 is 27.7 Å². The van der Waals surface area contributed by atoms with Crippen LogP contribution in [0.3, 0.4) is 0 Å². The Bertz CT molecular complexity index is 485. The quantitative estimate of drug-likeness (QED) is 0.740. The highest BCUT2D eigenvalue weighted by Gasteiger charge is 2.13. The molecule has 3 nitrogen and oxygen atoms in total. The molecule has 0 aliphatic rings. The molecule has 13 heavy (non-hydrogen) atoms. The third-order valence-electron chi connectivity index (χ3n) is 1.60. The zero-order valence-electron chi connectivity index (χ0n) is 6.12. The Balaban J connectivity index is 2.96. The molecular formula is C7H2BrFN2OS. The van der Waals surface area contributed by atoms with Gasteiger partial charge in [0.05, 0.1) is 17.3 Å². The van der Waals surface area contributed by atoms with Crippen molar-refractivity contribution in [1.82, 2.24) is 8.75 Å². The van der Waals surface area contributed by atoms with Gasteiger partial charge in [0.25, 0.3) is 0 Å². The number of carbonyl (C=O) groups excluding carboxylic acids is 1. The van der Waals surface area contributed by atoms with E-state index in [1.165, 1.54) is 6.07 Å². The molecule has 0 amide bonds. The van der Waals surface area contributed by atoms with Gasteiger partial charge in [-0.3, -0.25) is 4.79 Å². The van der Waals surface area contributed by atoms with Crippen molar-refractivity contribution in [3.8, 4) is 0 Å². The van der Waals surface area contributed by atoms with Crippen molar-refractivity contribution in [2.75, 3.05) is 0 Å². The van der Waals surface area contributed by atoms with E-state index in [-0.39, 0.29) is 5.56 Å². The van der Waals surface area contributed by atoms with Gasteiger partial charge in [0.2, 0.25) is 0 Å². The summed E-state index contributed by atoms with van der Waals surface area (Å²) in [5.41, 5.74) is 0.798. The molecule has 0 aliphatic heterocycles. The molecule has 0 fully saturated rings. The van der Waals surface area contributed by atoms with Crippen molar-refractivity contribution in [2.24, 2.45) is 0 Å². The van der Waals surface area contributed by atoms with Crippen LogP contribution in [0.15, 0.2) is 10.5 Å². The Morgan fingerprint density at radius 3 is 2.85 bits per heavy atom. The molecule has 0 bridgehead atoms. The Kier molecular flexibility index (Phi) is 2.09. The molecule has 0 unspecified atom stereocenters. The van der Waals surface area contributed by atoms with Crippen LogP contribution in [0, 0.1) is 5.82 Å². The van der Waals surface area contributed by atoms with E-state index < -0.39 is 5.82 Å². The first-order valence-electron chi connectivity index (χ1n) is 3.29. The maximum atomic E-state index is 13.1. The molecule has 1 heterocycles. The molecule has 66 valence electrons. The molecule has 2 aromatic rings. The fourth-order valence-electron chi connectivity index (χ4n) is 1.00. The van der Waals surface area contributed by atoms with Crippen molar-refractivity contribution in [3.63, 3.8) is 0 Å². The summed E-state index contributed by atoms with van der Waals surface area (Å²) in [6, 6.07) is 1.22. The first-order chi connectivity index (χ1) is 6.24. The van der Waals surface area contributed by atoms with E-state index in [0.29, 0.717) is 21.8 Å². The number of hydrogen-bond acceptors (Lipinski definition) is 4. The summed E-state index contributed by atoms with van der Waals surface area (Å²) in [5, 5.41) is 0. The molecule has 0 saturated carbocycles. The number of fused-ring (bicyclic) bond motifs is 1. The van der Waals surface area contributed by atoms with Gasteiger partial charge in [0.1, 0.15) is 16.9 Å². The van der Waals surface area contributed by atoms with Gasteiger partial charge in [-0.15, -0.1) is 0 Å². The number of benzene rings is 1. The lowest BCUT2D eigenvalue weighted by Crippen LogP contribution is -1.90. The maximum absolute atomic E-state index is 13.1. The van der Waals surface area contributed by atoms with E-state index in [9.17, 15) is 9.18 Å². The highest BCUT2D eigenvalue weighted by atomic mass is 79.9. The minimum atomic E-state index is -0.581. The summed E-state index contributed by atoms with van der Waals surface area (Å²) in [7, 11) is 0. The lowest BCUT2D eigenvalue weighted by atomic mass is 10.2. The fourth-order valence-corrected chi connectivity index (χ4v) is 2.17. The van der Waals surface area contributed by atoms with Gasteiger partial charge in [0.15, 0.2) is 6.29 Å². The summed E-state index contributed by atoms with van der Waals surface area (Å²) in [6.07, 6.45) is 0.450. The standard InChI is InChI=1S/C7H2BrFN2OS/c8-4-1-5(9)3(2-12)6-7(4)11-13-10-6/h1-2H. The average Bonchev–Trinajstić information content (AvgIpc) is 2.53. The van der Waals surface area contributed by atoms with Crippen molar-refractivity contribution in [3.05, 3.63) is 21.9 Å². The minimum absolute atomic E-state index is 0.0352. The van der Waals surface area contributed by atoms with Crippen LogP contribution in [0.4, 0.5) is 4.39 Å². The van der Waals surface area contributed by atoms with Gasteiger partial charge < -0.3 is 0 Å². The Morgan fingerprint density at radius 1 is 1.46 bits per heavy atom. The molecule has 1 aromatic carbocycles. The predicted octanol–water partition coefficient (Wildman–Crippen LogP) is 2.41. The van der Waals surface area contributed by atoms with Crippen molar-refractivity contribution in [1.29, 1.82) is 0 Å². The Hall–Kier alpha value is -0.880. The molecule has 2 rings (SSSR count). The topological polar surface area (TPSA) is 42.9 Å². The number of aldehydes is 1. The van der Waals surface area contributed by atoms with Crippen LogP contribution in [0.2, 0.25) is 0 Å². The smallest absolute Gasteiger partial charge is 0.155 e. The summed E-state index contributed by atoms with van der Waals surface area (Å²) in [4.78, 5) is 10.5. The number of carbonyl (C=O) groups is 1. The predicted molar refractivity (Wildman–Crippen MR) is 50.5 cm³/mol. The van der Waals surface area contributed by atoms with Crippen molar-refractivity contribution >= 4 is 45.0 Å². The first-order valence-corrected chi connectivity index (χ1v) is 4.82. The SMILES string of the molecule is O=Cc1c(F)cc(Br)c2nsnc12. The van der Waals surface area contributed by atoms with E-state index in [4.69, 9.17) is 0 Å². The second-order valence-corrected chi connectivity index (χ2v) is 3.72. The number of nitrogens with zero attached hydrogens (tertiary/aromatic N) is 2. The zero-order chi connectivity index (χ0) is 9.42. The van der Waals surface area contributed by atoms with Crippen molar-refractivity contribution in [2.45, 2.75) is 0 Å². The molecule has 1 aromatic heterocycles. The summed E-state index contributed by atoms with van der Waals surface area (Å²) in [6.45, 7) is 0. The number of halogens is 2. The molecule has 0 saturated heterocycles. The summed E-state index contributed by atoms with van der Waals surface area (Å²) < 4.78 is 21.4. The third-order valence-corrected chi connectivity index (χ3v) is 2.73. The molecule has 0 N–H and O–H groups in total. The molecule has 0 spiro atoms. The molecule has 6 heteroatoms. The highest BCUT2D eigenvalue weighted by molar-refractivity contribution is 9.10. The van der Waals surface area contributed by atoms with Crippen LogP contribution in [-0.2, 0) is 0 Å². The molecule has 0 aliphatic carbocycles. The second-order valence-electron chi connectivity index (χ2n) is 2.33. The second kappa shape index (κ2) is 3.12. The van der Waals surface area contributed by atoms with Crippen LogP contribution in [0.5, 0.6) is 0 Å². The van der Waals surface area contributed by atoms with Crippen LogP contribution < -0.4 is 0 Å². The third kappa shape index (κ3) is 1.26. The van der Waals surface area contributed by atoms with Gasteiger partial charge in [-0.1, -0.05) is 0 Å². The molecule has 0 radical (unpaired) electrons. The fraction of sp³-hybridized carbons (Fsp3) is 0. The number of hydrogen-bond donors (Lipinski definition) is 0. The van der Waals surface area contributed by atoms with Gasteiger partial charge in [-0.2, -0.15) is 8.75 Å². The van der Waals surface area contributed by atoms with E-state index >= 15 is 0 Å². The number of rotatable bonds is 1. The van der Waals surface area contributed by atoms with E-state index in [1.54, 1.807) is 0 Å². The van der Waals surface area contributed by atoms with Crippen LogP contribution in [0.1, 0.15) is 10.4 Å². The molecular weight excluding hydrogens is 259 g/mol. The van der Waals surface area contributed by atoms with E-state index in [1.807, 2.05) is 0 Å². The minimum Gasteiger partial charge on any atom is -0.298 e. The largest absolute Gasteiger partial charge is 0.298 e. The lowest BCUT2D eigenvalue weighted by molar-refractivity contribution is 0.112. The molecule has 0 atom stereocenters. The Labute approximate surface area is 85.0 Å². The first kappa shape index (κ1) is 8.71. The van der Waals surface area contributed by atoms with Gasteiger partial charge in [-0.25, -0.2) is 4.39 Å². The van der Waals surface area contributed by atoms with E-state index in [2.05, 4.69) is 24.7 Å². The lowest BCUT2D eigenvalue weighted by Gasteiger charge is -1.96. The zero-order valence-corrected chi connectivity index (χ0v) is 8.52. The van der Waals surface area contributed by atoms with Gasteiger partial charge >= 0.3 is 0 Å². The normalized spacial score (nSPS) is 10.6. The van der Waals surface area contributed by atoms with Crippen LogP contribution in [0.25, 0.3) is 11.0 Å². The Morgan fingerprint density at radius 2 is 2.15 bits per heavy atom. The van der Waals surface area contributed by atoms with Crippen molar-refractivity contribution < 1.29 is 9.18 Å². The van der Waals surface area contributed by atoms with Gasteiger partial charge in [0, 0.05) is 4.47 Å². The van der Waals surface area contributed by atoms with Crippen LogP contribution in [-0.4, -0.2) is 15.0 Å². The monoisotopic (exact) mass is 260 g/mol. The average molecular weight is 261 g/mol. The number of aromatic nitrogens is 2. The summed E-state index contributed by atoms with van der Waals surface area (Å²) >= 11 is 4.09. The highest BCUT2D eigenvalue weighted by Crippen LogP contribution is 2.26.